The molecule has 26 heavy (non-hydrogen) atoms. The Morgan fingerprint density at radius 2 is 2.00 bits per heavy atom. The fourth-order valence-electron chi connectivity index (χ4n) is 3.41. The molecule has 3 rings (SSSR count). The quantitative estimate of drug-likeness (QED) is 0.749. The van der Waals surface area contributed by atoms with Crippen molar-refractivity contribution in [1.29, 1.82) is 0 Å². The van der Waals surface area contributed by atoms with E-state index in [1.165, 1.54) is 11.8 Å². The molecule has 2 unspecified atom stereocenters. The number of nitrogens with zero attached hydrogens (tertiary/aromatic N) is 1. The minimum absolute atomic E-state index is 0. The van der Waals surface area contributed by atoms with Crippen LogP contribution in [0.2, 0.25) is 0 Å². The lowest BCUT2D eigenvalue weighted by Crippen LogP contribution is -2.50. The van der Waals surface area contributed by atoms with Crippen LogP contribution < -0.4 is 10.6 Å². The van der Waals surface area contributed by atoms with Gasteiger partial charge in [0.2, 0.25) is 5.91 Å². The molecular formula is C19H28ClN3O2S. The second kappa shape index (κ2) is 10.2. The van der Waals surface area contributed by atoms with Crippen molar-refractivity contribution < 1.29 is 9.59 Å². The van der Waals surface area contributed by atoms with Gasteiger partial charge in [-0.2, -0.15) is 0 Å². The lowest BCUT2D eigenvalue weighted by atomic mass is 9.94. The van der Waals surface area contributed by atoms with E-state index in [1.54, 1.807) is 0 Å². The summed E-state index contributed by atoms with van der Waals surface area (Å²) in [7, 11) is 0. The summed E-state index contributed by atoms with van der Waals surface area (Å²) in [4.78, 5) is 27.8. The minimum Gasteiger partial charge on any atom is -0.348 e. The summed E-state index contributed by atoms with van der Waals surface area (Å²) < 4.78 is 0. The van der Waals surface area contributed by atoms with Gasteiger partial charge in [0.1, 0.15) is 0 Å². The van der Waals surface area contributed by atoms with Gasteiger partial charge in [-0.3, -0.25) is 9.59 Å². The molecule has 0 spiro atoms. The maximum Gasteiger partial charge on any atom is 0.252 e. The third-order valence-corrected chi connectivity index (χ3v) is 6.14. The number of carbonyl (C=O) groups is 2. The number of benzene rings is 1. The second-order valence-corrected chi connectivity index (χ2v) is 7.94. The zero-order valence-electron chi connectivity index (χ0n) is 15.2. The highest BCUT2D eigenvalue weighted by Crippen LogP contribution is 2.24. The average molecular weight is 398 g/mol. The van der Waals surface area contributed by atoms with Crippen LogP contribution in [0, 0.1) is 5.92 Å². The average Bonchev–Trinajstić information content (AvgIpc) is 3.16. The van der Waals surface area contributed by atoms with Crippen LogP contribution in [0.3, 0.4) is 0 Å². The summed E-state index contributed by atoms with van der Waals surface area (Å²) in [5.41, 5.74) is 0.666. The van der Waals surface area contributed by atoms with E-state index in [-0.39, 0.29) is 30.3 Å². The third kappa shape index (κ3) is 5.38. The molecule has 0 saturated carbocycles. The van der Waals surface area contributed by atoms with E-state index in [2.05, 4.69) is 17.6 Å². The highest BCUT2D eigenvalue weighted by molar-refractivity contribution is 8.00. The normalized spacial score (nSPS) is 22.6. The molecule has 1 aromatic carbocycles. The molecule has 2 aliphatic heterocycles. The molecule has 2 amide bonds. The van der Waals surface area contributed by atoms with Crippen LogP contribution in [0.15, 0.2) is 29.2 Å². The number of halogens is 1. The van der Waals surface area contributed by atoms with Gasteiger partial charge in [0.25, 0.3) is 5.91 Å². The van der Waals surface area contributed by atoms with Crippen LogP contribution in [0.4, 0.5) is 0 Å². The Morgan fingerprint density at radius 3 is 2.73 bits per heavy atom. The highest BCUT2D eigenvalue weighted by atomic mass is 35.5. The molecule has 1 aromatic rings. The number of rotatable bonds is 5. The van der Waals surface area contributed by atoms with Gasteiger partial charge in [0, 0.05) is 30.6 Å². The van der Waals surface area contributed by atoms with Crippen LogP contribution in [-0.4, -0.2) is 54.7 Å². The van der Waals surface area contributed by atoms with Crippen LogP contribution in [-0.2, 0) is 4.79 Å². The molecule has 2 heterocycles. The van der Waals surface area contributed by atoms with Crippen molar-refractivity contribution in [3.05, 3.63) is 29.8 Å². The van der Waals surface area contributed by atoms with E-state index in [0.29, 0.717) is 17.2 Å². The first-order valence-corrected chi connectivity index (χ1v) is 10.1. The Bertz CT molecular complexity index is 623. The molecule has 2 N–H and O–H groups in total. The first kappa shape index (κ1) is 21.1. The Labute approximate surface area is 166 Å². The summed E-state index contributed by atoms with van der Waals surface area (Å²) in [6.45, 7) is 5.75. The largest absolute Gasteiger partial charge is 0.348 e. The van der Waals surface area contributed by atoms with Crippen LogP contribution in [0.25, 0.3) is 0 Å². The third-order valence-electron chi connectivity index (χ3n) is 5.09. The zero-order valence-corrected chi connectivity index (χ0v) is 16.8. The standard InChI is InChI=1S/C19H27N3O2S.ClH/c1-14-8-9-20-12-16(14)21-19(24)15-6-2-3-7-17(15)25-13-18(23)22-10-4-5-11-22;/h2-3,6-7,14,16,20H,4-5,8-13H2,1H3,(H,21,24);1H. The number of nitrogens with one attached hydrogen (secondary N) is 2. The van der Waals surface area contributed by atoms with Crippen molar-refractivity contribution in [2.24, 2.45) is 5.92 Å². The molecule has 0 bridgehead atoms. The summed E-state index contributed by atoms with van der Waals surface area (Å²) in [5.74, 6) is 0.993. The fourth-order valence-corrected chi connectivity index (χ4v) is 4.36. The van der Waals surface area contributed by atoms with Crippen molar-refractivity contribution in [3.8, 4) is 0 Å². The Morgan fingerprint density at radius 1 is 1.27 bits per heavy atom. The highest BCUT2D eigenvalue weighted by Gasteiger charge is 2.24. The van der Waals surface area contributed by atoms with Gasteiger partial charge in [0.15, 0.2) is 0 Å². The zero-order chi connectivity index (χ0) is 17.6. The van der Waals surface area contributed by atoms with Crippen LogP contribution in [0.5, 0.6) is 0 Å². The van der Waals surface area contributed by atoms with E-state index in [9.17, 15) is 9.59 Å². The minimum atomic E-state index is -0.0442. The van der Waals surface area contributed by atoms with Crippen LogP contribution >= 0.6 is 24.2 Å². The number of thioether (sulfide) groups is 1. The van der Waals surface area contributed by atoms with Crippen molar-refractivity contribution in [2.75, 3.05) is 31.9 Å². The first-order chi connectivity index (χ1) is 12.1. The van der Waals surface area contributed by atoms with E-state index in [0.717, 1.165) is 50.3 Å². The second-order valence-electron chi connectivity index (χ2n) is 6.92. The van der Waals surface area contributed by atoms with Gasteiger partial charge >= 0.3 is 0 Å². The predicted octanol–water partition coefficient (Wildman–Crippen LogP) is 2.55. The molecule has 7 heteroatoms. The topological polar surface area (TPSA) is 61.4 Å². The van der Waals surface area contributed by atoms with Gasteiger partial charge in [-0.15, -0.1) is 24.2 Å². The molecular weight excluding hydrogens is 370 g/mol. The van der Waals surface area contributed by atoms with Crippen molar-refractivity contribution in [3.63, 3.8) is 0 Å². The number of piperidine rings is 1. The number of carbonyl (C=O) groups excluding carboxylic acids is 2. The Balaban J connectivity index is 0.00000243. The SMILES string of the molecule is CC1CCNCC1NC(=O)c1ccccc1SCC(=O)N1CCCC1.Cl. The van der Waals surface area contributed by atoms with E-state index >= 15 is 0 Å². The number of likely N-dealkylation sites (tertiary alicyclic amines) is 1. The number of amides is 2. The van der Waals surface area contributed by atoms with Crippen molar-refractivity contribution in [2.45, 2.75) is 37.1 Å². The molecule has 2 fully saturated rings. The number of hydrogen-bond donors (Lipinski definition) is 2. The smallest absolute Gasteiger partial charge is 0.252 e. The van der Waals surface area contributed by atoms with Gasteiger partial charge in [-0.1, -0.05) is 19.1 Å². The Kier molecular flexibility index (Phi) is 8.25. The molecule has 2 atom stereocenters. The lowest BCUT2D eigenvalue weighted by Gasteiger charge is -2.30. The van der Waals surface area contributed by atoms with Crippen molar-refractivity contribution >= 4 is 36.0 Å². The molecule has 0 aliphatic carbocycles. The summed E-state index contributed by atoms with van der Waals surface area (Å²) in [5, 5.41) is 6.50. The summed E-state index contributed by atoms with van der Waals surface area (Å²) in [6, 6.07) is 7.73. The Hall–Kier alpha value is -1.24. The lowest BCUT2D eigenvalue weighted by molar-refractivity contribution is -0.127. The molecule has 2 saturated heterocycles. The van der Waals surface area contributed by atoms with E-state index in [4.69, 9.17) is 0 Å². The van der Waals surface area contributed by atoms with Crippen LogP contribution in [0.1, 0.15) is 36.5 Å². The summed E-state index contributed by atoms with van der Waals surface area (Å²) >= 11 is 1.47. The van der Waals surface area contributed by atoms with Gasteiger partial charge in [-0.25, -0.2) is 0 Å². The first-order valence-electron chi connectivity index (χ1n) is 9.16. The number of hydrogen-bond acceptors (Lipinski definition) is 4. The summed E-state index contributed by atoms with van der Waals surface area (Å²) in [6.07, 6.45) is 3.28. The molecule has 5 nitrogen and oxygen atoms in total. The fraction of sp³-hybridized carbons (Fsp3) is 0.579. The van der Waals surface area contributed by atoms with E-state index < -0.39 is 0 Å². The maximum absolute atomic E-state index is 12.7. The van der Waals surface area contributed by atoms with Gasteiger partial charge < -0.3 is 15.5 Å². The molecule has 0 radical (unpaired) electrons. The van der Waals surface area contributed by atoms with Gasteiger partial charge in [-0.05, 0) is 43.9 Å². The monoisotopic (exact) mass is 397 g/mol. The maximum atomic E-state index is 12.7. The molecule has 0 aromatic heterocycles. The van der Waals surface area contributed by atoms with E-state index in [1.807, 2.05) is 29.2 Å². The molecule has 2 aliphatic rings. The van der Waals surface area contributed by atoms with Gasteiger partial charge in [0.05, 0.1) is 11.3 Å². The van der Waals surface area contributed by atoms with Crippen molar-refractivity contribution in [1.82, 2.24) is 15.5 Å². The predicted molar refractivity (Wildman–Crippen MR) is 108 cm³/mol. The molecule has 144 valence electrons.